The van der Waals surface area contributed by atoms with Gasteiger partial charge in [0, 0.05) is 45.2 Å². The van der Waals surface area contributed by atoms with E-state index in [4.69, 9.17) is 10.5 Å². The number of hydrogen-bond donors (Lipinski definition) is 2. The first-order valence-electron chi connectivity index (χ1n) is 11.8. The number of unbranched alkanes of at least 4 members (excludes halogenated alkanes) is 2. The van der Waals surface area contributed by atoms with Gasteiger partial charge in [-0.15, -0.1) is 0 Å². The van der Waals surface area contributed by atoms with Gasteiger partial charge in [0.25, 0.3) is 5.91 Å². The number of amides is 2. The lowest BCUT2D eigenvalue weighted by atomic mass is 10.1. The highest BCUT2D eigenvalue weighted by molar-refractivity contribution is 6.07. The molecule has 1 aliphatic rings. The number of carbonyl (C=O) groups is 2. The van der Waals surface area contributed by atoms with Crippen molar-refractivity contribution in [3.05, 3.63) is 47.5 Å². The van der Waals surface area contributed by atoms with Crippen molar-refractivity contribution in [1.29, 1.82) is 0 Å². The van der Waals surface area contributed by atoms with Crippen LogP contribution in [0.1, 0.15) is 41.6 Å². The Morgan fingerprint density at radius 1 is 1.06 bits per heavy atom. The number of ether oxygens (including phenoxy) is 1. The first-order chi connectivity index (χ1) is 16.3. The summed E-state index contributed by atoms with van der Waals surface area (Å²) in [5.41, 5.74) is 7.89. The van der Waals surface area contributed by atoms with E-state index >= 15 is 0 Å². The molecule has 1 saturated heterocycles. The summed E-state index contributed by atoms with van der Waals surface area (Å²) in [6.07, 6.45) is 3.15. The summed E-state index contributed by atoms with van der Waals surface area (Å²) in [7, 11) is 3.76. The number of aryl methyl sites for hydroxylation is 1. The third kappa shape index (κ3) is 6.63. The van der Waals surface area contributed by atoms with Crippen LogP contribution in [0, 0.1) is 6.92 Å². The Balaban J connectivity index is 1.50. The quantitative estimate of drug-likeness (QED) is 0.333. The molecule has 2 aromatic carbocycles. The van der Waals surface area contributed by atoms with Gasteiger partial charge in [-0.1, -0.05) is 6.07 Å². The van der Waals surface area contributed by atoms with Gasteiger partial charge in [-0.25, -0.2) is 0 Å². The second-order valence-electron chi connectivity index (χ2n) is 8.95. The zero-order valence-corrected chi connectivity index (χ0v) is 20.4. The van der Waals surface area contributed by atoms with Gasteiger partial charge in [-0.3, -0.25) is 9.59 Å². The highest BCUT2D eigenvalue weighted by atomic mass is 16.5. The van der Waals surface area contributed by atoms with E-state index in [1.165, 1.54) is 17.0 Å². The van der Waals surface area contributed by atoms with Crippen molar-refractivity contribution >= 4 is 23.2 Å². The molecule has 34 heavy (non-hydrogen) atoms. The standard InChI is InChI=1S/C26H36N4O4/c1-19-8-11-22(29(3)26(33)20-9-10-21(27)23(31)18-20)24(17-19)34-16-6-4-5-7-25(32)30-14-12-28(2)13-15-30/h8-11,17-18,31H,4-7,12-16,27H2,1-3H3. The molecule has 0 saturated carbocycles. The number of nitrogen functional groups attached to an aromatic ring is 1. The number of nitrogens with zero attached hydrogens (tertiary/aromatic N) is 3. The smallest absolute Gasteiger partial charge is 0.258 e. The molecule has 1 aliphatic heterocycles. The molecule has 2 aromatic rings. The predicted molar refractivity (Wildman–Crippen MR) is 134 cm³/mol. The van der Waals surface area contributed by atoms with Crippen molar-refractivity contribution in [2.75, 3.05) is 57.5 Å². The van der Waals surface area contributed by atoms with E-state index in [-0.39, 0.29) is 23.3 Å². The van der Waals surface area contributed by atoms with Gasteiger partial charge >= 0.3 is 0 Å². The molecule has 0 radical (unpaired) electrons. The summed E-state index contributed by atoms with van der Waals surface area (Å²) in [6.45, 7) is 5.99. The number of aromatic hydroxyl groups is 1. The first kappa shape index (κ1) is 25.4. The molecule has 8 heteroatoms. The Kier molecular flexibility index (Phi) is 8.76. The highest BCUT2D eigenvalue weighted by Crippen LogP contribution is 2.31. The van der Waals surface area contributed by atoms with Crippen LogP contribution in [0.15, 0.2) is 36.4 Å². The molecule has 0 aromatic heterocycles. The van der Waals surface area contributed by atoms with E-state index in [0.29, 0.717) is 30.0 Å². The third-order valence-corrected chi connectivity index (χ3v) is 6.21. The zero-order chi connectivity index (χ0) is 24.7. The fourth-order valence-corrected chi connectivity index (χ4v) is 3.94. The summed E-state index contributed by atoms with van der Waals surface area (Å²) < 4.78 is 6.04. The summed E-state index contributed by atoms with van der Waals surface area (Å²) in [5, 5.41) is 9.85. The molecule has 3 rings (SSSR count). The minimum atomic E-state index is -0.272. The largest absolute Gasteiger partial charge is 0.506 e. The molecule has 0 aliphatic carbocycles. The summed E-state index contributed by atoms with van der Waals surface area (Å²) in [6, 6.07) is 10.2. The lowest BCUT2D eigenvalue weighted by Crippen LogP contribution is -2.47. The van der Waals surface area contributed by atoms with Crippen molar-refractivity contribution in [3.63, 3.8) is 0 Å². The minimum Gasteiger partial charge on any atom is -0.506 e. The number of phenolic OH excluding ortho intramolecular Hbond substituents is 1. The molecule has 2 amide bonds. The Labute approximate surface area is 201 Å². The maximum Gasteiger partial charge on any atom is 0.258 e. The van der Waals surface area contributed by atoms with E-state index in [9.17, 15) is 14.7 Å². The maximum atomic E-state index is 13.0. The van der Waals surface area contributed by atoms with E-state index in [1.54, 1.807) is 13.1 Å². The van der Waals surface area contributed by atoms with Crippen LogP contribution in [0.3, 0.4) is 0 Å². The van der Waals surface area contributed by atoms with Crippen LogP contribution in [-0.2, 0) is 4.79 Å². The van der Waals surface area contributed by atoms with Gasteiger partial charge in [0.1, 0.15) is 11.5 Å². The molecule has 3 N–H and O–H groups in total. The van der Waals surface area contributed by atoms with Gasteiger partial charge in [-0.2, -0.15) is 0 Å². The number of hydrogen-bond acceptors (Lipinski definition) is 6. The van der Waals surface area contributed by atoms with E-state index in [2.05, 4.69) is 11.9 Å². The minimum absolute atomic E-state index is 0.120. The normalized spacial score (nSPS) is 14.1. The highest BCUT2D eigenvalue weighted by Gasteiger charge is 2.20. The lowest BCUT2D eigenvalue weighted by molar-refractivity contribution is -0.132. The van der Waals surface area contributed by atoms with Crippen LogP contribution in [0.25, 0.3) is 0 Å². The van der Waals surface area contributed by atoms with Crippen molar-refractivity contribution in [2.24, 2.45) is 0 Å². The van der Waals surface area contributed by atoms with Crippen molar-refractivity contribution in [1.82, 2.24) is 9.80 Å². The first-order valence-corrected chi connectivity index (χ1v) is 11.8. The van der Waals surface area contributed by atoms with E-state index < -0.39 is 0 Å². The zero-order valence-electron chi connectivity index (χ0n) is 20.4. The summed E-state index contributed by atoms with van der Waals surface area (Å²) >= 11 is 0. The fraction of sp³-hybridized carbons (Fsp3) is 0.462. The number of likely N-dealkylation sites (N-methyl/N-ethyl adjacent to an activating group) is 1. The Morgan fingerprint density at radius 2 is 1.79 bits per heavy atom. The topological polar surface area (TPSA) is 99.3 Å². The van der Waals surface area contributed by atoms with Crippen LogP contribution < -0.4 is 15.4 Å². The molecular formula is C26H36N4O4. The molecule has 0 bridgehead atoms. The van der Waals surface area contributed by atoms with Crippen LogP contribution in [0.5, 0.6) is 11.5 Å². The molecule has 0 spiro atoms. The second kappa shape index (κ2) is 11.7. The number of phenols is 1. The van der Waals surface area contributed by atoms with Crippen LogP contribution in [-0.4, -0.2) is 73.6 Å². The number of piperazine rings is 1. The number of rotatable bonds is 9. The van der Waals surface area contributed by atoms with Gasteiger partial charge in [0.2, 0.25) is 5.91 Å². The van der Waals surface area contributed by atoms with Crippen LogP contribution >= 0.6 is 0 Å². The SMILES string of the molecule is Cc1ccc(N(C)C(=O)c2ccc(N)c(O)c2)c(OCCCCCC(=O)N2CCN(C)CC2)c1. The molecule has 184 valence electrons. The molecule has 1 fully saturated rings. The number of carbonyl (C=O) groups excluding carboxylic acids is 2. The van der Waals surface area contributed by atoms with Crippen molar-refractivity contribution < 1.29 is 19.4 Å². The Hall–Kier alpha value is -3.26. The van der Waals surface area contributed by atoms with Crippen LogP contribution in [0.2, 0.25) is 0 Å². The second-order valence-corrected chi connectivity index (χ2v) is 8.95. The third-order valence-electron chi connectivity index (χ3n) is 6.21. The fourth-order valence-electron chi connectivity index (χ4n) is 3.94. The Bertz CT molecular complexity index is 1000. The molecule has 0 atom stereocenters. The van der Waals surface area contributed by atoms with Crippen molar-refractivity contribution in [2.45, 2.75) is 32.6 Å². The van der Waals surface area contributed by atoms with Gasteiger partial charge in [0.05, 0.1) is 18.0 Å². The molecule has 0 unspecified atom stereocenters. The van der Waals surface area contributed by atoms with E-state index in [0.717, 1.165) is 51.0 Å². The Morgan fingerprint density at radius 3 is 2.50 bits per heavy atom. The molecule has 8 nitrogen and oxygen atoms in total. The molecule has 1 heterocycles. The van der Waals surface area contributed by atoms with Crippen molar-refractivity contribution in [3.8, 4) is 11.5 Å². The van der Waals surface area contributed by atoms with Gasteiger partial charge in [-0.05, 0) is 69.1 Å². The lowest BCUT2D eigenvalue weighted by Gasteiger charge is -2.32. The monoisotopic (exact) mass is 468 g/mol. The van der Waals surface area contributed by atoms with E-state index in [1.807, 2.05) is 30.0 Å². The number of nitrogens with two attached hydrogens (primary N) is 1. The predicted octanol–water partition coefficient (Wildman–Crippen LogP) is 3.27. The van der Waals surface area contributed by atoms with Gasteiger partial charge < -0.3 is 30.3 Å². The average molecular weight is 469 g/mol. The summed E-state index contributed by atoms with van der Waals surface area (Å²) in [4.78, 5) is 31.0. The van der Waals surface area contributed by atoms with Gasteiger partial charge in [0.15, 0.2) is 0 Å². The maximum absolute atomic E-state index is 13.0. The van der Waals surface area contributed by atoms with Crippen LogP contribution in [0.4, 0.5) is 11.4 Å². The number of anilines is 2. The summed E-state index contributed by atoms with van der Waals surface area (Å²) in [5.74, 6) is 0.477. The number of benzene rings is 2. The average Bonchev–Trinajstić information content (AvgIpc) is 2.82. The molecular weight excluding hydrogens is 432 g/mol.